The maximum atomic E-state index is 12.4. The Morgan fingerprint density at radius 1 is 1.53 bits per heavy atom. The molecule has 1 aromatic rings. The third kappa shape index (κ3) is 3.18. The lowest BCUT2D eigenvalue weighted by molar-refractivity contribution is -0.126. The summed E-state index contributed by atoms with van der Waals surface area (Å²) >= 11 is 1.79. The van der Waals surface area contributed by atoms with Gasteiger partial charge < -0.3 is 11.1 Å². The van der Waals surface area contributed by atoms with Gasteiger partial charge in [-0.25, -0.2) is 0 Å². The highest BCUT2D eigenvalue weighted by molar-refractivity contribution is 7.12. The van der Waals surface area contributed by atoms with E-state index < -0.39 is 0 Å². The Hall–Kier alpha value is -0.870. The van der Waals surface area contributed by atoms with E-state index in [1.165, 1.54) is 15.3 Å². The Morgan fingerprint density at radius 2 is 2.26 bits per heavy atom. The number of carbonyl (C=O) groups is 1. The Morgan fingerprint density at radius 3 is 2.84 bits per heavy atom. The van der Waals surface area contributed by atoms with Crippen LogP contribution in [0.3, 0.4) is 0 Å². The van der Waals surface area contributed by atoms with Crippen LogP contribution < -0.4 is 11.1 Å². The first-order valence-corrected chi connectivity index (χ1v) is 7.92. The van der Waals surface area contributed by atoms with Crippen molar-refractivity contribution in [3.63, 3.8) is 0 Å². The van der Waals surface area contributed by atoms with Gasteiger partial charge >= 0.3 is 0 Å². The van der Waals surface area contributed by atoms with Gasteiger partial charge in [0.1, 0.15) is 0 Å². The maximum Gasteiger partial charge on any atom is 0.223 e. The van der Waals surface area contributed by atoms with Gasteiger partial charge in [-0.3, -0.25) is 4.79 Å². The SMILES string of the molecule is Cc1cc(C(C)NC(=O)C2CCCC2CN)c(C)s1. The molecule has 1 aliphatic carbocycles. The first-order valence-electron chi connectivity index (χ1n) is 7.10. The number of hydrogen-bond donors (Lipinski definition) is 2. The molecule has 1 fully saturated rings. The molecule has 1 saturated carbocycles. The molecule has 3 nitrogen and oxygen atoms in total. The van der Waals surface area contributed by atoms with E-state index in [9.17, 15) is 4.79 Å². The van der Waals surface area contributed by atoms with Crippen LogP contribution in [0, 0.1) is 25.7 Å². The molecule has 19 heavy (non-hydrogen) atoms. The average Bonchev–Trinajstić information content (AvgIpc) is 2.95. The standard InChI is InChI=1S/C15H24N2OS/c1-9-7-14(11(3)19-9)10(2)17-15(18)13-6-4-5-12(13)8-16/h7,10,12-13H,4-6,8,16H2,1-3H3,(H,17,18). The minimum Gasteiger partial charge on any atom is -0.349 e. The van der Waals surface area contributed by atoms with Crippen LogP contribution in [0.5, 0.6) is 0 Å². The van der Waals surface area contributed by atoms with Crippen molar-refractivity contribution < 1.29 is 4.79 Å². The summed E-state index contributed by atoms with van der Waals surface area (Å²) in [5.74, 6) is 0.675. The molecule has 3 atom stereocenters. The van der Waals surface area contributed by atoms with Crippen LogP contribution in [0.1, 0.15) is 47.5 Å². The monoisotopic (exact) mass is 280 g/mol. The molecule has 106 valence electrons. The van der Waals surface area contributed by atoms with Crippen LogP contribution in [0.25, 0.3) is 0 Å². The molecule has 4 heteroatoms. The van der Waals surface area contributed by atoms with Crippen LogP contribution in [0.4, 0.5) is 0 Å². The normalized spacial score (nSPS) is 24.4. The fourth-order valence-corrected chi connectivity index (χ4v) is 4.17. The number of thiophene rings is 1. The summed E-state index contributed by atoms with van der Waals surface area (Å²) < 4.78 is 0. The number of rotatable bonds is 4. The van der Waals surface area contributed by atoms with Crippen LogP contribution in [-0.4, -0.2) is 12.5 Å². The van der Waals surface area contributed by atoms with Gasteiger partial charge in [0.25, 0.3) is 0 Å². The molecule has 0 radical (unpaired) electrons. The van der Waals surface area contributed by atoms with Gasteiger partial charge in [-0.1, -0.05) is 6.42 Å². The summed E-state index contributed by atoms with van der Waals surface area (Å²) in [7, 11) is 0. The molecule has 0 aromatic carbocycles. The number of carbonyl (C=O) groups excluding carboxylic acids is 1. The third-order valence-electron chi connectivity index (χ3n) is 4.20. The van der Waals surface area contributed by atoms with Crippen molar-refractivity contribution >= 4 is 17.2 Å². The number of nitrogens with two attached hydrogens (primary N) is 1. The molecule has 3 N–H and O–H groups in total. The summed E-state index contributed by atoms with van der Waals surface area (Å²) in [6, 6.07) is 2.27. The summed E-state index contributed by atoms with van der Waals surface area (Å²) in [6.07, 6.45) is 3.21. The van der Waals surface area contributed by atoms with E-state index in [1.807, 2.05) is 0 Å². The predicted octanol–water partition coefficient (Wildman–Crippen LogP) is 2.92. The number of nitrogens with one attached hydrogen (secondary N) is 1. The first-order chi connectivity index (χ1) is 9.02. The zero-order valence-electron chi connectivity index (χ0n) is 12.0. The molecule has 0 aliphatic heterocycles. The Balaban J connectivity index is 2.00. The summed E-state index contributed by atoms with van der Waals surface area (Å²) in [6.45, 7) is 6.92. The van der Waals surface area contributed by atoms with Crippen molar-refractivity contribution in [3.05, 3.63) is 21.4 Å². The first kappa shape index (κ1) is 14.5. The highest BCUT2D eigenvalue weighted by Crippen LogP contribution is 2.32. The molecule has 1 aliphatic rings. The highest BCUT2D eigenvalue weighted by Gasteiger charge is 2.32. The Bertz CT molecular complexity index is 455. The maximum absolute atomic E-state index is 12.4. The second kappa shape index (κ2) is 6.06. The van der Waals surface area contributed by atoms with Gasteiger partial charge in [0.05, 0.1) is 6.04 Å². The quantitative estimate of drug-likeness (QED) is 0.891. The van der Waals surface area contributed by atoms with E-state index in [2.05, 4.69) is 32.2 Å². The fraction of sp³-hybridized carbons (Fsp3) is 0.667. The molecule has 1 amide bonds. The summed E-state index contributed by atoms with van der Waals surface area (Å²) in [5, 5.41) is 3.17. The van der Waals surface area contributed by atoms with E-state index in [0.29, 0.717) is 12.5 Å². The predicted molar refractivity (Wildman–Crippen MR) is 80.2 cm³/mol. The van der Waals surface area contributed by atoms with E-state index in [0.717, 1.165) is 19.3 Å². The van der Waals surface area contributed by atoms with Crippen molar-refractivity contribution in [2.24, 2.45) is 17.6 Å². The van der Waals surface area contributed by atoms with E-state index in [1.54, 1.807) is 11.3 Å². The van der Waals surface area contributed by atoms with Gasteiger partial charge in [0.2, 0.25) is 5.91 Å². The van der Waals surface area contributed by atoms with Crippen LogP contribution in [-0.2, 0) is 4.79 Å². The largest absolute Gasteiger partial charge is 0.349 e. The summed E-state index contributed by atoms with van der Waals surface area (Å²) in [4.78, 5) is 15.0. The van der Waals surface area contributed by atoms with Crippen molar-refractivity contribution in [2.75, 3.05) is 6.54 Å². The van der Waals surface area contributed by atoms with E-state index in [-0.39, 0.29) is 17.9 Å². The number of amides is 1. The third-order valence-corrected chi connectivity index (χ3v) is 5.18. The van der Waals surface area contributed by atoms with Crippen LogP contribution in [0.15, 0.2) is 6.07 Å². The molecule has 0 saturated heterocycles. The van der Waals surface area contributed by atoms with Gasteiger partial charge in [0.15, 0.2) is 0 Å². The molecule has 3 unspecified atom stereocenters. The highest BCUT2D eigenvalue weighted by atomic mass is 32.1. The zero-order valence-corrected chi connectivity index (χ0v) is 12.8. The zero-order chi connectivity index (χ0) is 14.0. The van der Waals surface area contributed by atoms with Gasteiger partial charge in [-0.2, -0.15) is 0 Å². The molecule has 0 bridgehead atoms. The van der Waals surface area contributed by atoms with Crippen molar-refractivity contribution in [1.82, 2.24) is 5.32 Å². The minimum absolute atomic E-state index is 0.0940. The topological polar surface area (TPSA) is 55.1 Å². The van der Waals surface area contributed by atoms with Crippen molar-refractivity contribution in [2.45, 2.75) is 46.1 Å². The molecule has 1 aromatic heterocycles. The lowest BCUT2D eigenvalue weighted by Gasteiger charge is -2.21. The Labute approximate surface area is 119 Å². The molecule has 1 heterocycles. The number of aryl methyl sites for hydroxylation is 2. The Kier molecular flexibility index (Phi) is 4.63. The second-order valence-corrected chi connectivity index (χ2v) is 7.09. The van der Waals surface area contributed by atoms with Gasteiger partial charge in [-0.15, -0.1) is 11.3 Å². The number of hydrogen-bond acceptors (Lipinski definition) is 3. The minimum atomic E-state index is 0.0940. The van der Waals surface area contributed by atoms with Crippen LogP contribution in [0.2, 0.25) is 0 Å². The smallest absolute Gasteiger partial charge is 0.223 e. The fourth-order valence-electron chi connectivity index (χ4n) is 3.14. The summed E-state index contributed by atoms with van der Waals surface area (Å²) in [5.41, 5.74) is 7.00. The molecular weight excluding hydrogens is 256 g/mol. The van der Waals surface area contributed by atoms with Crippen LogP contribution >= 0.6 is 11.3 Å². The van der Waals surface area contributed by atoms with E-state index in [4.69, 9.17) is 5.73 Å². The molecular formula is C15H24N2OS. The van der Waals surface area contributed by atoms with Gasteiger partial charge in [0, 0.05) is 15.7 Å². The van der Waals surface area contributed by atoms with E-state index >= 15 is 0 Å². The van der Waals surface area contributed by atoms with Crippen molar-refractivity contribution in [3.8, 4) is 0 Å². The average molecular weight is 280 g/mol. The second-order valence-electron chi connectivity index (χ2n) is 5.63. The van der Waals surface area contributed by atoms with Crippen molar-refractivity contribution in [1.29, 1.82) is 0 Å². The molecule has 2 rings (SSSR count). The lowest BCUT2D eigenvalue weighted by atomic mass is 9.95. The molecule has 0 spiro atoms. The lowest BCUT2D eigenvalue weighted by Crippen LogP contribution is -2.36. The van der Waals surface area contributed by atoms with Gasteiger partial charge in [-0.05, 0) is 57.7 Å².